The molecule has 0 unspecified atom stereocenters. The number of hydrogen-bond acceptors (Lipinski definition) is 4. The van der Waals surface area contributed by atoms with E-state index in [-0.39, 0.29) is 0 Å². The Morgan fingerprint density at radius 2 is 2.11 bits per heavy atom. The van der Waals surface area contributed by atoms with Crippen molar-refractivity contribution in [1.29, 1.82) is 0 Å². The van der Waals surface area contributed by atoms with Crippen molar-refractivity contribution in [2.24, 2.45) is 0 Å². The predicted octanol–water partition coefficient (Wildman–Crippen LogP) is 3.09. The average Bonchev–Trinajstić information content (AvgIpc) is 2.62. The van der Waals surface area contributed by atoms with Crippen molar-refractivity contribution in [1.82, 2.24) is 14.5 Å². The van der Waals surface area contributed by atoms with Crippen molar-refractivity contribution in [3.8, 4) is 0 Å². The highest BCUT2D eigenvalue weighted by atomic mass is 79.9. The number of fused-ring (bicyclic) bond motifs is 1. The number of halogens is 1. The zero-order valence-electron chi connectivity index (χ0n) is 11.5. The maximum atomic E-state index is 5.85. The molecule has 0 saturated carbocycles. The summed E-state index contributed by atoms with van der Waals surface area (Å²) in [6, 6.07) is 1.16. The Bertz CT molecular complexity index is 579. The van der Waals surface area contributed by atoms with Gasteiger partial charge in [0.25, 0.3) is 0 Å². The molecule has 0 radical (unpaired) electrons. The Labute approximate surface area is 122 Å². The molecule has 0 amide bonds. The molecule has 0 aliphatic heterocycles. The van der Waals surface area contributed by atoms with E-state index in [4.69, 9.17) is 10.5 Å². The van der Waals surface area contributed by atoms with Gasteiger partial charge in [0, 0.05) is 25.4 Å². The van der Waals surface area contributed by atoms with E-state index in [1.807, 2.05) is 10.8 Å². The summed E-state index contributed by atoms with van der Waals surface area (Å²) < 4.78 is 8.58. The van der Waals surface area contributed by atoms with Gasteiger partial charge < -0.3 is 15.0 Å². The number of nitrogens with zero attached hydrogens (tertiary/aromatic N) is 3. The zero-order chi connectivity index (χ0) is 14.0. The van der Waals surface area contributed by atoms with Gasteiger partial charge in [-0.15, -0.1) is 0 Å². The summed E-state index contributed by atoms with van der Waals surface area (Å²) in [6.07, 6.45) is 3.41. The van der Waals surface area contributed by atoms with Crippen LogP contribution in [0.15, 0.2) is 17.0 Å². The molecule has 2 heterocycles. The van der Waals surface area contributed by atoms with Gasteiger partial charge in [0.05, 0.1) is 5.39 Å². The fraction of sp³-hybridized carbons (Fsp3) is 0.500. The number of anilines is 1. The minimum atomic E-state index is -1.04. The molecule has 19 heavy (non-hydrogen) atoms. The number of ether oxygens (including phenoxy) is 1. The summed E-state index contributed by atoms with van der Waals surface area (Å²) in [5.41, 5.74) is 6.65. The molecule has 7 heteroatoms. The summed E-state index contributed by atoms with van der Waals surface area (Å²) in [4.78, 5) is 8.26. The van der Waals surface area contributed by atoms with Crippen molar-refractivity contribution in [2.75, 3.05) is 12.3 Å². The van der Waals surface area contributed by atoms with Gasteiger partial charge in [-0.25, -0.2) is 9.97 Å². The van der Waals surface area contributed by atoms with Crippen LogP contribution in [-0.4, -0.2) is 29.2 Å². The first-order chi connectivity index (χ1) is 8.88. The average molecular weight is 343 g/mol. The molecule has 0 atom stereocenters. The van der Waals surface area contributed by atoms with Gasteiger partial charge in [0.1, 0.15) is 24.5 Å². The van der Waals surface area contributed by atoms with Gasteiger partial charge in [-0.2, -0.15) is 0 Å². The Morgan fingerprint density at radius 1 is 1.37 bits per heavy atom. The molecular formula is C12H19BrN4OSi. The Morgan fingerprint density at radius 3 is 2.79 bits per heavy atom. The second kappa shape index (κ2) is 5.60. The summed E-state index contributed by atoms with van der Waals surface area (Å²) in [5, 5.41) is 0.844. The lowest BCUT2D eigenvalue weighted by Gasteiger charge is -2.15. The molecule has 2 N–H and O–H groups in total. The van der Waals surface area contributed by atoms with E-state index in [2.05, 4.69) is 45.5 Å². The van der Waals surface area contributed by atoms with Gasteiger partial charge in [-0.3, -0.25) is 0 Å². The molecule has 0 fully saturated rings. The molecule has 2 aromatic heterocycles. The number of nitrogens with two attached hydrogens (primary N) is 1. The van der Waals surface area contributed by atoms with Crippen molar-refractivity contribution in [3.05, 3.63) is 17.0 Å². The lowest BCUT2D eigenvalue weighted by Crippen LogP contribution is -2.22. The molecule has 0 aliphatic rings. The second-order valence-electron chi connectivity index (χ2n) is 5.75. The van der Waals surface area contributed by atoms with Gasteiger partial charge in [0.2, 0.25) is 0 Å². The van der Waals surface area contributed by atoms with E-state index in [9.17, 15) is 0 Å². The first-order valence-electron chi connectivity index (χ1n) is 6.21. The van der Waals surface area contributed by atoms with E-state index in [1.165, 1.54) is 6.33 Å². The summed E-state index contributed by atoms with van der Waals surface area (Å²) >= 11 is 3.48. The van der Waals surface area contributed by atoms with Gasteiger partial charge in [0.15, 0.2) is 0 Å². The Hall–Kier alpha value is -0.923. The fourth-order valence-electron chi connectivity index (χ4n) is 1.74. The lowest BCUT2D eigenvalue weighted by atomic mass is 10.4. The van der Waals surface area contributed by atoms with Crippen LogP contribution in [0.2, 0.25) is 25.7 Å². The van der Waals surface area contributed by atoms with Crippen LogP contribution >= 0.6 is 15.9 Å². The molecule has 0 aromatic carbocycles. The third-order valence-corrected chi connectivity index (χ3v) is 5.17. The summed E-state index contributed by atoms with van der Waals surface area (Å²) in [5.74, 6) is 0.484. The zero-order valence-corrected chi connectivity index (χ0v) is 14.1. The third kappa shape index (κ3) is 3.55. The van der Waals surface area contributed by atoms with Crippen LogP contribution < -0.4 is 5.73 Å². The van der Waals surface area contributed by atoms with Crippen LogP contribution in [-0.2, 0) is 11.5 Å². The maximum absolute atomic E-state index is 5.85. The van der Waals surface area contributed by atoms with Crippen molar-refractivity contribution < 1.29 is 4.74 Å². The van der Waals surface area contributed by atoms with E-state index in [0.717, 1.165) is 28.2 Å². The molecule has 5 nitrogen and oxygen atoms in total. The lowest BCUT2D eigenvalue weighted by molar-refractivity contribution is 0.0898. The van der Waals surface area contributed by atoms with E-state index < -0.39 is 8.07 Å². The summed E-state index contributed by atoms with van der Waals surface area (Å²) in [7, 11) is -1.04. The van der Waals surface area contributed by atoms with Gasteiger partial charge in [-0.05, 0) is 22.0 Å². The number of aromatic nitrogens is 3. The predicted molar refractivity (Wildman–Crippen MR) is 83.7 cm³/mol. The molecule has 0 bridgehead atoms. The number of nitrogen functional groups attached to an aromatic ring is 1. The number of rotatable bonds is 5. The maximum Gasteiger partial charge on any atom is 0.148 e. The van der Waals surface area contributed by atoms with Crippen LogP contribution in [0.3, 0.4) is 0 Å². The molecule has 2 rings (SSSR count). The SMILES string of the molecule is C[Si](C)(C)CCOCn1cc(Br)c2c(N)ncnc21. The topological polar surface area (TPSA) is 66.0 Å². The van der Waals surface area contributed by atoms with Crippen LogP contribution in [0.25, 0.3) is 11.0 Å². The monoisotopic (exact) mass is 342 g/mol. The van der Waals surface area contributed by atoms with Crippen LogP contribution in [0.4, 0.5) is 5.82 Å². The van der Waals surface area contributed by atoms with Crippen molar-refractivity contribution in [3.63, 3.8) is 0 Å². The van der Waals surface area contributed by atoms with E-state index in [0.29, 0.717) is 12.5 Å². The highest BCUT2D eigenvalue weighted by molar-refractivity contribution is 9.10. The summed E-state index contributed by atoms with van der Waals surface area (Å²) in [6.45, 7) is 8.29. The smallest absolute Gasteiger partial charge is 0.148 e. The molecule has 0 aliphatic carbocycles. The standard InChI is InChI=1S/C12H19BrN4OSi/c1-19(2,3)5-4-18-8-17-6-9(13)10-11(14)15-7-16-12(10)17/h6-7H,4-5,8H2,1-3H3,(H2,14,15,16). The molecular weight excluding hydrogens is 324 g/mol. The van der Waals surface area contributed by atoms with Crippen LogP contribution in [0.5, 0.6) is 0 Å². The Balaban J connectivity index is 2.08. The Kier molecular flexibility index (Phi) is 4.27. The van der Waals surface area contributed by atoms with Crippen molar-refractivity contribution in [2.45, 2.75) is 32.4 Å². The highest BCUT2D eigenvalue weighted by Crippen LogP contribution is 2.28. The second-order valence-corrected chi connectivity index (χ2v) is 12.2. The first kappa shape index (κ1) is 14.5. The van der Waals surface area contributed by atoms with Crippen LogP contribution in [0.1, 0.15) is 0 Å². The van der Waals surface area contributed by atoms with Gasteiger partial charge in [-0.1, -0.05) is 19.6 Å². The molecule has 104 valence electrons. The first-order valence-corrected chi connectivity index (χ1v) is 10.7. The molecule has 0 saturated heterocycles. The molecule has 2 aromatic rings. The fourth-order valence-corrected chi connectivity index (χ4v) is 3.12. The normalized spacial score (nSPS) is 12.2. The minimum absolute atomic E-state index is 0.484. The highest BCUT2D eigenvalue weighted by Gasteiger charge is 2.14. The minimum Gasteiger partial charge on any atom is -0.383 e. The van der Waals surface area contributed by atoms with E-state index >= 15 is 0 Å². The quantitative estimate of drug-likeness (QED) is 0.669. The molecule has 0 spiro atoms. The van der Waals surface area contributed by atoms with Gasteiger partial charge >= 0.3 is 0 Å². The van der Waals surface area contributed by atoms with Crippen LogP contribution in [0, 0.1) is 0 Å². The largest absolute Gasteiger partial charge is 0.383 e. The van der Waals surface area contributed by atoms with E-state index in [1.54, 1.807) is 0 Å². The number of hydrogen-bond donors (Lipinski definition) is 1. The van der Waals surface area contributed by atoms with Crippen molar-refractivity contribution >= 4 is 40.9 Å². The third-order valence-electron chi connectivity index (χ3n) is 2.86.